The van der Waals surface area contributed by atoms with Crippen LogP contribution >= 0.6 is 0 Å². The molecule has 10 heteroatoms. The zero-order valence-electron chi connectivity index (χ0n) is 18.8. The molecule has 1 aromatic carbocycles. The van der Waals surface area contributed by atoms with Crippen molar-refractivity contribution in [1.29, 1.82) is 0 Å². The van der Waals surface area contributed by atoms with Gasteiger partial charge in [-0.15, -0.1) is 6.58 Å². The highest BCUT2D eigenvalue weighted by molar-refractivity contribution is 5.90. The molecular formula is C22H28N2O8. The fourth-order valence-corrected chi connectivity index (χ4v) is 3.68. The quantitative estimate of drug-likeness (QED) is 0.213. The number of nitrogens with zero attached hydrogens (tertiary/aromatic N) is 2. The fourth-order valence-electron chi connectivity index (χ4n) is 3.68. The van der Waals surface area contributed by atoms with Gasteiger partial charge in [-0.3, -0.25) is 15.0 Å². The van der Waals surface area contributed by atoms with Crippen LogP contribution in [-0.4, -0.2) is 59.3 Å². The Morgan fingerprint density at radius 3 is 2.34 bits per heavy atom. The first-order valence-electron chi connectivity index (χ1n) is 9.98. The Kier molecular flexibility index (Phi) is 7.27. The van der Waals surface area contributed by atoms with Gasteiger partial charge in [-0.25, -0.2) is 14.4 Å². The Balaban J connectivity index is 2.37. The van der Waals surface area contributed by atoms with Crippen molar-refractivity contribution < 1.29 is 33.5 Å². The highest BCUT2D eigenvalue weighted by Crippen LogP contribution is 2.43. The second-order valence-corrected chi connectivity index (χ2v) is 8.75. The van der Waals surface area contributed by atoms with Crippen LogP contribution < -0.4 is 0 Å². The Labute approximate surface area is 186 Å². The Morgan fingerprint density at radius 1 is 1.28 bits per heavy atom. The molecule has 0 aliphatic carbocycles. The third-order valence-electron chi connectivity index (χ3n) is 5.23. The van der Waals surface area contributed by atoms with Crippen molar-refractivity contribution in [3.05, 3.63) is 52.6 Å². The number of non-ortho nitro benzene ring substituents is 1. The number of likely N-dealkylation sites (tertiary alicyclic amines) is 1. The standard InChI is InChI=1S/C22H28N2O8/c1-7-12-22(5)16(31-18(25)14-8-10-15(11-9-14)24(28)29)13-23(17(22)19(26)30-6)20(27)32-21(2,3)4/h7-11,16-17H,1,12-13H2,2-6H3/t16?,17-,22-/m1/s1. The molecule has 2 rings (SSSR count). The van der Waals surface area contributed by atoms with E-state index in [-0.39, 0.29) is 24.2 Å². The van der Waals surface area contributed by atoms with Crippen molar-refractivity contribution in [2.45, 2.75) is 51.9 Å². The van der Waals surface area contributed by atoms with E-state index in [4.69, 9.17) is 14.2 Å². The molecule has 1 saturated heterocycles. The van der Waals surface area contributed by atoms with Crippen molar-refractivity contribution in [3.8, 4) is 0 Å². The van der Waals surface area contributed by atoms with Gasteiger partial charge in [-0.05, 0) is 39.3 Å². The number of carbonyl (C=O) groups is 3. The Hall–Kier alpha value is -3.43. The molecule has 1 fully saturated rings. The van der Waals surface area contributed by atoms with E-state index in [1.165, 1.54) is 36.3 Å². The lowest BCUT2D eigenvalue weighted by atomic mass is 9.77. The molecule has 10 nitrogen and oxygen atoms in total. The van der Waals surface area contributed by atoms with Gasteiger partial charge in [0.15, 0.2) is 0 Å². The normalized spacial score (nSPS) is 22.7. The number of methoxy groups -OCH3 is 1. The van der Waals surface area contributed by atoms with Gasteiger partial charge in [-0.1, -0.05) is 13.0 Å². The lowest BCUT2D eigenvalue weighted by molar-refractivity contribution is -0.384. The molecule has 3 atom stereocenters. The van der Waals surface area contributed by atoms with E-state index < -0.39 is 46.1 Å². The van der Waals surface area contributed by atoms with Crippen molar-refractivity contribution >= 4 is 23.7 Å². The number of allylic oxidation sites excluding steroid dienone is 1. The van der Waals surface area contributed by atoms with Crippen molar-refractivity contribution in [3.63, 3.8) is 0 Å². The zero-order valence-corrected chi connectivity index (χ0v) is 18.8. The summed E-state index contributed by atoms with van der Waals surface area (Å²) in [5.74, 6) is -1.41. The first-order chi connectivity index (χ1) is 14.8. The number of hydrogen-bond acceptors (Lipinski definition) is 8. The minimum absolute atomic E-state index is 0.0990. The third kappa shape index (κ3) is 5.24. The number of nitro benzene ring substituents is 1. The molecule has 1 unspecified atom stereocenters. The molecule has 0 radical (unpaired) electrons. The van der Waals surface area contributed by atoms with E-state index in [0.29, 0.717) is 0 Å². The molecule has 0 bridgehead atoms. The molecule has 32 heavy (non-hydrogen) atoms. The summed E-state index contributed by atoms with van der Waals surface area (Å²) in [5, 5.41) is 10.8. The highest BCUT2D eigenvalue weighted by atomic mass is 16.6. The van der Waals surface area contributed by atoms with Crippen LogP contribution in [0.2, 0.25) is 0 Å². The number of esters is 2. The maximum absolute atomic E-state index is 12.9. The smallest absolute Gasteiger partial charge is 0.411 e. The molecule has 1 amide bonds. The van der Waals surface area contributed by atoms with Crippen LogP contribution in [0.3, 0.4) is 0 Å². The summed E-state index contributed by atoms with van der Waals surface area (Å²) in [6.07, 6.45) is 0.183. The molecule has 0 spiro atoms. The summed E-state index contributed by atoms with van der Waals surface area (Å²) in [6.45, 7) is 10.4. The van der Waals surface area contributed by atoms with Crippen LogP contribution in [0.4, 0.5) is 10.5 Å². The van der Waals surface area contributed by atoms with Crippen molar-refractivity contribution in [2.75, 3.05) is 13.7 Å². The van der Waals surface area contributed by atoms with Gasteiger partial charge in [0.2, 0.25) is 0 Å². The molecule has 0 N–H and O–H groups in total. The number of nitro groups is 1. The molecule has 174 valence electrons. The van der Waals surface area contributed by atoms with Crippen LogP contribution in [0.1, 0.15) is 44.5 Å². The number of ether oxygens (including phenoxy) is 3. The van der Waals surface area contributed by atoms with Gasteiger partial charge < -0.3 is 14.2 Å². The molecule has 0 aromatic heterocycles. The molecule has 1 aliphatic heterocycles. The summed E-state index contributed by atoms with van der Waals surface area (Å²) in [6, 6.07) is 3.87. The lowest BCUT2D eigenvalue weighted by Gasteiger charge is -2.34. The average molecular weight is 448 g/mol. The molecule has 1 aliphatic rings. The minimum atomic E-state index is -1.07. The maximum Gasteiger partial charge on any atom is 0.411 e. The van der Waals surface area contributed by atoms with Gasteiger partial charge >= 0.3 is 18.0 Å². The van der Waals surface area contributed by atoms with E-state index >= 15 is 0 Å². The first-order valence-corrected chi connectivity index (χ1v) is 9.98. The molecule has 1 heterocycles. The van der Waals surface area contributed by atoms with Gasteiger partial charge in [0, 0.05) is 17.5 Å². The van der Waals surface area contributed by atoms with E-state index in [0.717, 1.165) is 0 Å². The van der Waals surface area contributed by atoms with Gasteiger partial charge in [0.05, 0.1) is 24.1 Å². The topological polar surface area (TPSA) is 125 Å². The second kappa shape index (κ2) is 9.37. The fraction of sp³-hybridized carbons (Fsp3) is 0.500. The minimum Gasteiger partial charge on any atom is -0.467 e. The summed E-state index contributed by atoms with van der Waals surface area (Å²) < 4.78 is 16.1. The predicted octanol–water partition coefficient (Wildman–Crippen LogP) is 3.49. The monoisotopic (exact) mass is 448 g/mol. The first kappa shape index (κ1) is 24.8. The van der Waals surface area contributed by atoms with Crippen LogP contribution in [0.15, 0.2) is 36.9 Å². The molecule has 1 aromatic rings. The largest absolute Gasteiger partial charge is 0.467 e. The number of amides is 1. The van der Waals surface area contributed by atoms with Crippen molar-refractivity contribution in [1.82, 2.24) is 4.90 Å². The Bertz CT molecular complexity index is 906. The van der Waals surface area contributed by atoms with Crippen LogP contribution in [0.5, 0.6) is 0 Å². The lowest BCUT2D eigenvalue weighted by Crippen LogP contribution is -2.50. The van der Waals surface area contributed by atoms with Gasteiger partial charge in [0.1, 0.15) is 17.7 Å². The Morgan fingerprint density at radius 2 is 1.88 bits per heavy atom. The maximum atomic E-state index is 12.9. The molecule has 0 saturated carbocycles. The molecular weight excluding hydrogens is 420 g/mol. The summed E-state index contributed by atoms with van der Waals surface area (Å²) in [7, 11) is 1.21. The highest BCUT2D eigenvalue weighted by Gasteiger charge is 2.58. The SMILES string of the molecule is C=CC[C@]1(C)C(OC(=O)c2ccc([N+](=O)[O-])cc2)CN(C(=O)OC(C)(C)C)[C@@H]1C(=O)OC. The number of hydrogen-bond donors (Lipinski definition) is 0. The van der Waals surface area contributed by atoms with E-state index in [2.05, 4.69) is 6.58 Å². The van der Waals surface area contributed by atoms with Gasteiger partial charge in [-0.2, -0.15) is 0 Å². The average Bonchev–Trinajstić information content (AvgIpc) is 2.98. The number of rotatable bonds is 6. The summed E-state index contributed by atoms with van der Waals surface area (Å²) in [5.41, 5.74) is -1.91. The number of benzene rings is 1. The predicted molar refractivity (Wildman–Crippen MR) is 114 cm³/mol. The van der Waals surface area contributed by atoms with Crippen LogP contribution in [0.25, 0.3) is 0 Å². The van der Waals surface area contributed by atoms with Crippen molar-refractivity contribution in [2.24, 2.45) is 5.41 Å². The van der Waals surface area contributed by atoms with Crippen LogP contribution in [0, 0.1) is 15.5 Å². The zero-order chi connectivity index (χ0) is 24.3. The van der Waals surface area contributed by atoms with E-state index in [1.807, 2.05) is 0 Å². The summed E-state index contributed by atoms with van der Waals surface area (Å²) in [4.78, 5) is 49.7. The van der Waals surface area contributed by atoms with E-state index in [1.54, 1.807) is 33.8 Å². The van der Waals surface area contributed by atoms with Crippen LogP contribution in [-0.2, 0) is 19.0 Å². The second-order valence-electron chi connectivity index (χ2n) is 8.75. The third-order valence-corrected chi connectivity index (χ3v) is 5.23. The number of carbonyl (C=O) groups excluding carboxylic acids is 3. The van der Waals surface area contributed by atoms with E-state index in [9.17, 15) is 24.5 Å². The van der Waals surface area contributed by atoms with Gasteiger partial charge in [0.25, 0.3) is 5.69 Å². The summed E-state index contributed by atoms with van der Waals surface area (Å²) >= 11 is 0.